The van der Waals surface area contributed by atoms with Gasteiger partial charge in [0, 0.05) is 12.5 Å². The minimum absolute atomic E-state index is 0.0185. The SMILES string of the molecule is COc1ccc(CCN2C(=O)[C@@H]3[C@H]4C[C@@H]([C@@H]5ON=C(C(=O)O)[C@@H]45)[C@H]3C2=O)cc1OC. The second kappa shape index (κ2) is 6.72. The molecular formula is C21H22N2O7. The monoisotopic (exact) mass is 414 g/mol. The molecule has 9 nitrogen and oxygen atoms in total. The van der Waals surface area contributed by atoms with Crippen LogP contribution in [0.2, 0.25) is 0 Å². The van der Waals surface area contributed by atoms with Crippen LogP contribution in [0.1, 0.15) is 12.0 Å². The first kappa shape index (κ1) is 18.9. The number of imide groups is 1. The van der Waals surface area contributed by atoms with Gasteiger partial charge in [0.1, 0.15) is 6.10 Å². The number of benzene rings is 1. The molecule has 1 aromatic carbocycles. The fourth-order valence-corrected chi connectivity index (χ4v) is 5.86. The Bertz CT molecular complexity index is 974. The number of oxime groups is 1. The zero-order valence-corrected chi connectivity index (χ0v) is 16.6. The normalized spacial score (nSPS) is 33.3. The molecule has 1 aromatic rings. The molecule has 1 N–H and O–H groups in total. The highest BCUT2D eigenvalue weighted by Gasteiger charge is 2.70. The summed E-state index contributed by atoms with van der Waals surface area (Å²) >= 11 is 0. The number of carboxylic acid groups (broad SMARTS) is 1. The first-order valence-electron chi connectivity index (χ1n) is 9.99. The number of carbonyl (C=O) groups is 3. The van der Waals surface area contributed by atoms with Crippen LogP contribution in [0.15, 0.2) is 23.4 Å². The third kappa shape index (κ3) is 2.47. The number of hydrogen-bond acceptors (Lipinski definition) is 7. The maximum absolute atomic E-state index is 13.1. The molecule has 30 heavy (non-hydrogen) atoms. The van der Waals surface area contributed by atoms with E-state index < -0.39 is 29.8 Å². The first-order chi connectivity index (χ1) is 14.5. The molecule has 0 radical (unpaired) electrons. The van der Waals surface area contributed by atoms with Gasteiger partial charge < -0.3 is 19.4 Å². The largest absolute Gasteiger partial charge is 0.493 e. The Labute approximate surface area is 172 Å². The Hall–Kier alpha value is -3.10. The van der Waals surface area contributed by atoms with E-state index in [0.717, 1.165) is 5.56 Å². The van der Waals surface area contributed by atoms with E-state index in [9.17, 15) is 19.5 Å². The Morgan fingerprint density at radius 1 is 1.13 bits per heavy atom. The smallest absolute Gasteiger partial charge is 0.354 e. The lowest BCUT2D eigenvalue weighted by molar-refractivity contribution is -0.141. The quantitative estimate of drug-likeness (QED) is 0.689. The van der Waals surface area contributed by atoms with E-state index in [1.807, 2.05) is 12.1 Å². The van der Waals surface area contributed by atoms with Crippen molar-refractivity contribution in [2.24, 2.45) is 34.7 Å². The molecule has 6 atom stereocenters. The Morgan fingerprint density at radius 3 is 2.50 bits per heavy atom. The minimum atomic E-state index is -1.12. The number of hydrogen-bond donors (Lipinski definition) is 1. The molecular weight excluding hydrogens is 392 g/mol. The van der Waals surface area contributed by atoms with Crippen molar-refractivity contribution < 1.29 is 33.8 Å². The number of rotatable bonds is 6. The van der Waals surface area contributed by atoms with Gasteiger partial charge in [0.15, 0.2) is 17.2 Å². The van der Waals surface area contributed by atoms with E-state index in [2.05, 4.69) is 5.16 Å². The summed E-state index contributed by atoms with van der Waals surface area (Å²) in [6, 6.07) is 5.51. The van der Waals surface area contributed by atoms with Crippen molar-refractivity contribution >= 4 is 23.5 Å². The summed E-state index contributed by atoms with van der Waals surface area (Å²) in [6.45, 7) is 0.273. The Kier molecular flexibility index (Phi) is 4.23. The van der Waals surface area contributed by atoms with E-state index in [0.29, 0.717) is 24.3 Å². The molecule has 2 aliphatic carbocycles. The average molecular weight is 414 g/mol. The molecule has 9 heteroatoms. The van der Waals surface area contributed by atoms with E-state index in [1.165, 1.54) is 4.90 Å². The molecule has 2 amide bonds. The summed E-state index contributed by atoms with van der Waals surface area (Å²) in [5.74, 6) is -1.96. The van der Waals surface area contributed by atoms with Gasteiger partial charge >= 0.3 is 5.97 Å². The van der Waals surface area contributed by atoms with Crippen LogP contribution < -0.4 is 9.47 Å². The first-order valence-corrected chi connectivity index (χ1v) is 9.99. The molecule has 0 unspecified atom stereocenters. The van der Waals surface area contributed by atoms with E-state index in [1.54, 1.807) is 20.3 Å². The summed E-state index contributed by atoms with van der Waals surface area (Å²) in [4.78, 5) is 44.4. The summed E-state index contributed by atoms with van der Waals surface area (Å²) < 4.78 is 10.6. The molecule has 2 heterocycles. The number of aliphatic carboxylic acids is 1. The Balaban J connectivity index is 1.33. The van der Waals surface area contributed by atoms with Crippen LogP contribution in [-0.2, 0) is 25.6 Å². The molecule has 1 saturated heterocycles. The van der Waals surface area contributed by atoms with E-state index in [4.69, 9.17) is 14.3 Å². The molecule has 3 fully saturated rings. The van der Waals surface area contributed by atoms with E-state index in [-0.39, 0.29) is 35.9 Å². The summed E-state index contributed by atoms with van der Waals surface area (Å²) in [5, 5.41) is 13.1. The highest BCUT2D eigenvalue weighted by Crippen LogP contribution is 2.61. The molecule has 0 aromatic heterocycles. The third-order valence-corrected chi connectivity index (χ3v) is 7.07. The number of carboxylic acids is 1. The molecule has 2 saturated carbocycles. The lowest BCUT2D eigenvalue weighted by Gasteiger charge is -2.29. The zero-order valence-electron chi connectivity index (χ0n) is 16.6. The van der Waals surface area contributed by atoms with Crippen LogP contribution in [0.4, 0.5) is 0 Å². The summed E-state index contributed by atoms with van der Waals surface area (Å²) in [5.41, 5.74) is 0.906. The highest BCUT2D eigenvalue weighted by atomic mass is 16.6. The highest BCUT2D eigenvalue weighted by molar-refractivity contribution is 6.37. The number of methoxy groups -OCH3 is 2. The van der Waals surface area contributed by atoms with Crippen LogP contribution >= 0.6 is 0 Å². The molecule has 2 aliphatic heterocycles. The third-order valence-electron chi connectivity index (χ3n) is 7.07. The fraction of sp³-hybridized carbons (Fsp3) is 0.524. The maximum Gasteiger partial charge on any atom is 0.354 e. The van der Waals surface area contributed by atoms with Crippen molar-refractivity contribution in [2.45, 2.75) is 18.9 Å². The topological polar surface area (TPSA) is 115 Å². The molecule has 158 valence electrons. The molecule has 2 bridgehead atoms. The Morgan fingerprint density at radius 2 is 1.83 bits per heavy atom. The lowest BCUT2D eigenvalue weighted by Crippen LogP contribution is -2.42. The van der Waals surface area contributed by atoms with Gasteiger partial charge in [0.05, 0.1) is 32.0 Å². The van der Waals surface area contributed by atoms with Crippen LogP contribution in [0.5, 0.6) is 11.5 Å². The van der Waals surface area contributed by atoms with Crippen LogP contribution in [-0.4, -0.2) is 60.4 Å². The van der Waals surface area contributed by atoms with Gasteiger partial charge in [-0.25, -0.2) is 4.79 Å². The average Bonchev–Trinajstić information content (AvgIpc) is 3.47. The van der Waals surface area contributed by atoms with Crippen LogP contribution in [0.3, 0.4) is 0 Å². The van der Waals surface area contributed by atoms with Gasteiger partial charge in [-0.15, -0.1) is 0 Å². The summed E-state index contributed by atoms with van der Waals surface area (Å²) in [7, 11) is 3.12. The van der Waals surface area contributed by atoms with Crippen molar-refractivity contribution in [1.82, 2.24) is 4.90 Å². The zero-order chi connectivity index (χ0) is 21.2. The molecule has 5 rings (SSSR count). The number of fused-ring (bicyclic) bond motifs is 8. The predicted octanol–water partition coefficient (Wildman–Crippen LogP) is 0.953. The molecule has 4 aliphatic rings. The number of ether oxygens (including phenoxy) is 2. The molecule has 0 spiro atoms. The van der Waals surface area contributed by atoms with Crippen molar-refractivity contribution in [3.05, 3.63) is 23.8 Å². The van der Waals surface area contributed by atoms with Crippen LogP contribution in [0, 0.1) is 29.6 Å². The van der Waals surface area contributed by atoms with Gasteiger partial charge in [-0.3, -0.25) is 14.5 Å². The fourth-order valence-electron chi connectivity index (χ4n) is 5.86. The van der Waals surface area contributed by atoms with Crippen molar-refractivity contribution in [1.29, 1.82) is 0 Å². The van der Waals surface area contributed by atoms with Gasteiger partial charge in [-0.1, -0.05) is 11.2 Å². The minimum Gasteiger partial charge on any atom is -0.493 e. The standard InChI is InChI=1S/C21H22N2O7/c1-28-12-4-3-9(7-13(12)29-2)5-6-23-19(24)14-10-8-11(15(14)20(23)25)18-16(10)17(21(26)27)22-30-18/h3-4,7,10-11,14-16,18H,5-6,8H2,1-2H3,(H,26,27)/t10-,11-,14-,15-,16-,18+/m1/s1. The number of nitrogens with zero attached hydrogens (tertiary/aromatic N) is 2. The van der Waals surface area contributed by atoms with Crippen LogP contribution in [0.25, 0.3) is 0 Å². The second-order valence-electron chi connectivity index (χ2n) is 8.26. The number of amides is 2. The van der Waals surface area contributed by atoms with Gasteiger partial charge in [-0.05, 0) is 36.5 Å². The second-order valence-corrected chi connectivity index (χ2v) is 8.26. The van der Waals surface area contributed by atoms with Gasteiger partial charge in [0.25, 0.3) is 0 Å². The van der Waals surface area contributed by atoms with Gasteiger partial charge in [-0.2, -0.15) is 0 Å². The lowest BCUT2D eigenvalue weighted by atomic mass is 9.72. The van der Waals surface area contributed by atoms with Crippen molar-refractivity contribution in [2.75, 3.05) is 20.8 Å². The van der Waals surface area contributed by atoms with E-state index >= 15 is 0 Å². The van der Waals surface area contributed by atoms with Crippen molar-refractivity contribution in [3.8, 4) is 11.5 Å². The maximum atomic E-state index is 13.1. The predicted molar refractivity (Wildman–Crippen MR) is 102 cm³/mol. The van der Waals surface area contributed by atoms with Crippen molar-refractivity contribution in [3.63, 3.8) is 0 Å². The van der Waals surface area contributed by atoms with Gasteiger partial charge in [0.2, 0.25) is 11.8 Å². The summed E-state index contributed by atoms with van der Waals surface area (Å²) in [6.07, 6.45) is 0.723. The number of likely N-dealkylation sites (tertiary alicyclic amines) is 1. The number of carbonyl (C=O) groups excluding carboxylic acids is 2.